The highest BCUT2D eigenvalue weighted by atomic mass is 16.5. The number of ether oxygens (including phenoxy) is 3. The first-order valence-corrected chi connectivity index (χ1v) is 10.6. The van der Waals surface area contributed by atoms with Crippen molar-refractivity contribution in [2.45, 2.75) is 33.2 Å². The zero-order valence-corrected chi connectivity index (χ0v) is 19.7. The number of likely N-dealkylation sites (tertiary alicyclic amines) is 1. The number of benzene rings is 1. The molecular weight excluding hydrogens is 382 g/mol. The molecule has 30 heavy (non-hydrogen) atoms. The van der Waals surface area contributed by atoms with Crippen LogP contribution in [0.5, 0.6) is 17.2 Å². The summed E-state index contributed by atoms with van der Waals surface area (Å²) in [4.78, 5) is 17.2. The number of hydrogen-bond donors (Lipinski definition) is 1. The molecule has 0 unspecified atom stereocenters. The van der Waals surface area contributed by atoms with Crippen molar-refractivity contribution >= 4 is 5.91 Å². The standard InChI is InChI=1S/C23H39N3O4/c1-23(2,16-25(3)4)15-24-22(27)18-8-10-26(11-9-18)14-17-12-19(28-5)21(30-7)20(13-17)29-6/h12-13,18H,8-11,14-16H2,1-7H3,(H,24,27). The van der Waals surface area contributed by atoms with Gasteiger partial charge in [0, 0.05) is 25.6 Å². The van der Waals surface area contributed by atoms with Crippen molar-refractivity contribution in [3.8, 4) is 17.2 Å². The number of rotatable bonds is 10. The van der Waals surface area contributed by atoms with Gasteiger partial charge in [-0.2, -0.15) is 0 Å². The van der Waals surface area contributed by atoms with Gasteiger partial charge >= 0.3 is 0 Å². The Bertz CT molecular complexity index is 673. The van der Waals surface area contributed by atoms with Crippen LogP contribution in [0.15, 0.2) is 12.1 Å². The van der Waals surface area contributed by atoms with E-state index < -0.39 is 0 Å². The third kappa shape index (κ3) is 6.77. The van der Waals surface area contributed by atoms with E-state index in [9.17, 15) is 4.79 Å². The predicted molar refractivity (Wildman–Crippen MR) is 119 cm³/mol. The van der Waals surface area contributed by atoms with Gasteiger partial charge in [-0.3, -0.25) is 9.69 Å². The molecule has 1 saturated heterocycles. The molecule has 0 atom stereocenters. The minimum atomic E-state index is 0.0618. The highest BCUT2D eigenvalue weighted by molar-refractivity contribution is 5.78. The van der Waals surface area contributed by atoms with Crippen molar-refractivity contribution in [2.75, 3.05) is 61.6 Å². The van der Waals surface area contributed by atoms with Crippen LogP contribution < -0.4 is 19.5 Å². The molecular formula is C23H39N3O4. The van der Waals surface area contributed by atoms with Gasteiger partial charge in [0.2, 0.25) is 11.7 Å². The lowest BCUT2D eigenvalue weighted by Gasteiger charge is -2.33. The largest absolute Gasteiger partial charge is 0.493 e. The van der Waals surface area contributed by atoms with Crippen molar-refractivity contribution < 1.29 is 19.0 Å². The zero-order chi connectivity index (χ0) is 22.3. The summed E-state index contributed by atoms with van der Waals surface area (Å²) < 4.78 is 16.3. The molecule has 1 N–H and O–H groups in total. The molecule has 0 radical (unpaired) electrons. The van der Waals surface area contributed by atoms with Gasteiger partial charge in [0.15, 0.2) is 11.5 Å². The maximum Gasteiger partial charge on any atom is 0.223 e. The topological polar surface area (TPSA) is 63.3 Å². The van der Waals surface area contributed by atoms with Gasteiger partial charge in [0.1, 0.15) is 0 Å². The SMILES string of the molecule is COc1cc(CN2CCC(C(=O)NCC(C)(C)CN(C)C)CC2)cc(OC)c1OC. The second-order valence-corrected chi connectivity index (χ2v) is 9.20. The monoisotopic (exact) mass is 421 g/mol. The number of methoxy groups -OCH3 is 3. The highest BCUT2D eigenvalue weighted by Crippen LogP contribution is 2.38. The lowest BCUT2D eigenvalue weighted by atomic mass is 9.91. The van der Waals surface area contributed by atoms with Gasteiger partial charge in [0.25, 0.3) is 0 Å². The Labute approximate surface area is 181 Å². The van der Waals surface area contributed by atoms with Gasteiger partial charge < -0.3 is 24.4 Å². The van der Waals surface area contributed by atoms with E-state index in [4.69, 9.17) is 14.2 Å². The lowest BCUT2D eigenvalue weighted by molar-refractivity contribution is -0.127. The molecule has 1 heterocycles. The molecule has 170 valence electrons. The molecule has 0 aliphatic carbocycles. The minimum Gasteiger partial charge on any atom is -0.493 e. The van der Waals surface area contributed by atoms with E-state index in [1.807, 2.05) is 12.1 Å². The molecule has 2 rings (SSSR count). The van der Waals surface area contributed by atoms with Gasteiger partial charge in [-0.15, -0.1) is 0 Å². The normalized spacial score (nSPS) is 15.9. The number of carbonyl (C=O) groups is 1. The molecule has 1 fully saturated rings. The van der Waals surface area contributed by atoms with Crippen LogP contribution in [-0.2, 0) is 11.3 Å². The quantitative estimate of drug-likeness (QED) is 0.627. The Balaban J connectivity index is 1.88. The molecule has 1 aromatic rings. The van der Waals surface area contributed by atoms with E-state index in [-0.39, 0.29) is 17.2 Å². The second-order valence-electron chi connectivity index (χ2n) is 9.20. The van der Waals surface area contributed by atoms with Gasteiger partial charge in [-0.1, -0.05) is 13.8 Å². The fraction of sp³-hybridized carbons (Fsp3) is 0.696. The number of carbonyl (C=O) groups excluding carboxylic acids is 1. The van der Waals surface area contributed by atoms with E-state index in [0.29, 0.717) is 23.8 Å². The lowest BCUT2D eigenvalue weighted by Crippen LogP contribution is -2.44. The number of nitrogens with one attached hydrogen (secondary N) is 1. The highest BCUT2D eigenvalue weighted by Gasteiger charge is 2.27. The third-order valence-electron chi connectivity index (χ3n) is 5.57. The molecule has 0 spiro atoms. The molecule has 1 aromatic carbocycles. The van der Waals surface area contributed by atoms with Crippen molar-refractivity contribution in [3.63, 3.8) is 0 Å². The van der Waals surface area contributed by atoms with Crippen LogP contribution in [0.1, 0.15) is 32.3 Å². The van der Waals surface area contributed by atoms with E-state index in [0.717, 1.165) is 44.6 Å². The Kier molecular flexibility index (Phi) is 8.79. The fourth-order valence-corrected chi connectivity index (χ4v) is 4.22. The van der Waals surface area contributed by atoms with Crippen molar-refractivity contribution in [2.24, 2.45) is 11.3 Å². The number of amides is 1. The maximum atomic E-state index is 12.6. The number of hydrogen-bond acceptors (Lipinski definition) is 6. The number of nitrogens with zero attached hydrogens (tertiary/aromatic N) is 2. The van der Waals surface area contributed by atoms with Crippen LogP contribution in [0.3, 0.4) is 0 Å². The van der Waals surface area contributed by atoms with E-state index >= 15 is 0 Å². The molecule has 7 nitrogen and oxygen atoms in total. The smallest absolute Gasteiger partial charge is 0.223 e. The first kappa shape index (κ1) is 24.3. The van der Waals surface area contributed by atoms with Crippen molar-refractivity contribution in [3.05, 3.63) is 17.7 Å². The summed E-state index contributed by atoms with van der Waals surface area (Å²) in [5.74, 6) is 2.23. The Hall–Kier alpha value is -1.99. The van der Waals surface area contributed by atoms with Crippen LogP contribution in [0.25, 0.3) is 0 Å². The summed E-state index contributed by atoms with van der Waals surface area (Å²) in [7, 11) is 8.99. The van der Waals surface area contributed by atoms with Crippen molar-refractivity contribution in [1.29, 1.82) is 0 Å². The van der Waals surface area contributed by atoms with E-state index in [1.165, 1.54) is 0 Å². The summed E-state index contributed by atoms with van der Waals surface area (Å²) in [6.07, 6.45) is 1.76. The molecule has 0 aromatic heterocycles. The second kappa shape index (κ2) is 10.9. The van der Waals surface area contributed by atoms with Gasteiger partial charge in [-0.25, -0.2) is 0 Å². The third-order valence-corrected chi connectivity index (χ3v) is 5.57. The van der Waals surface area contributed by atoms with Crippen LogP contribution in [0.4, 0.5) is 0 Å². The molecule has 1 amide bonds. The van der Waals surface area contributed by atoms with Gasteiger partial charge in [0.05, 0.1) is 21.3 Å². The van der Waals surface area contributed by atoms with Crippen LogP contribution in [0.2, 0.25) is 0 Å². The van der Waals surface area contributed by atoms with Crippen LogP contribution in [0, 0.1) is 11.3 Å². The summed E-state index contributed by atoms with van der Waals surface area (Å²) in [5, 5.41) is 3.17. The summed E-state index contributed by atoms with van der Waals surface area (Å²) in [6, 6.07) is 3.99. The van der Waals surface area contributed by atoms with E-state index in [1.54, 1.807) is 21.3 Å². The molecule has 1 aliphatic heterocycles. The summed E-state index contributed by atoms with van der Waals surface area (Å²) >= 11 is 0. The predicted octanol–water partition coefficient (Wildman–Crippen LogP) is 2.63. The molecule has 7 heteroatoms. The summed E-state index contributed by atoms with van der Waals surface area (Å²) in [5.41, 5.74) is 1.17. The Morgan fingerprint density at radius 3 is 2.13 bits per heavy atom. The zero-order valence-electron chi connectivity index (χ0n) is 19.7. The minimum absolute atomic E-state index is 0.0618. The van der Waals surface area contributed by atoms with Gasteiger partial charge in [-0.05, 0) is 63.1 Å². The Morgan fingerprint density at radius 1 is 1.10 bits per heavy atom. The molecule has 1 aliphatic rings. The molecule has 0 saturated carbocycles. The maximum absolute atomic E-state index is 12.6. The Morgan fingerprint density at radius 2 is 1.67 bits per heavy atom. The average Bonchev–Trinajstić information content (AvgIpc) is 2.70. The first-order valence-electron chi connectivity index (χ1n) is 10.6. The first-order chi connectivity index (χ1) is 14.2. The number of piperidine rings is 1. The van der Waals surface area contributed by atoms with Crippen molar-refractivity contribution in [1.82, 2.24) is 15.1 Å². The summed E-state index contributed by atoms with van der Waals surface area (Å²) in [6.45, 7) is 8.61. The van der Waals surface area contributed by atoms with Crippen LogP contribution >= 0.6 is 0 Å². The van der Waals surface area contributed by atoms with Crippen LogP contribution in [-0.4, -0.2) is 77.3 Å². The average molecular weight is 422 g/mol. The van der Waals surface area contributed by atoms with E-state index in [2.05, 4.69) is 43.1 Å². The fourth-order valence-electron chi connectivity index (χ4n) is 4.22. The molecule has 0 bridgehead atoms.